The number of methoxy groups -OCH3 is 1. The Morgan fingerprint density at radius 1 is 1.19 bits per heavy atom. The highest BCUT2D eigenvalue weighted by Crippen LogP contribution is 2.24. The van der Waals surface area contributed by atoms with Crippen LogP contribution in [0.3, 0.4) is 0 Å². The van der Waals surface area contributed by atoms with Gasteiger partial charge in [-0.3, -0.25) is 9.59 Å². The number of likely N-dealkylation sites (tertiary alicyclic amines) is 1. The second-order valence-corrected chi connectivity index (χ2v) is 6.94. The molecule has 1 aromatic carbocycles. The average molecular weight is 376 g/mol. The van der Waals surface area contributed by atoms with Crippen molar-refractivity contribution in [2.75, 3.05) is 51.5 Å². The molecule has 2 N–H and O–H groups in total. The van der Waals surface area contributed by atoms with Crippen molar-refractivity contribution >= 4 is 29.2 Å². The topological polar surface area (TPSA) is 91.0 Å². The molecule has 8 heteroatoms. The van der Waals surface area contributed by atoms with Crippen molar-refractivity contribution < 1.29 is 19.1 Å². The van der Waals surface area contributed by atoms with E-state index in [-0.39, 0.29) is 30.4 Å². The number of carbonyl (C=O) groups is 3. The first-order valence-corrected chi connectivity index (χ1v) is 8.98. The number of rotatable bonds is 5. The highest BCUT2D eigenvalue weighted by atomic mass is 16.5. The van der Waals surface area contributed by atoms with Crippen LogP contribution in [0, 0.1) is 12.8 Å². The number of ether oxygens (including phenoxy) is 1. The van der Waals surface area contributed by atoms with Gasteiger partial charge in [0.25, 0.3) is 0 Å². The third-order valence-electron chi connectivity index (χ3n) is 4.57. The van der Waals surface area contributed by atoms with Gasteiger partial charge >= 0.3 is 6.03 Å². The number of benzene rings is 1. The number of aryl methyl sites for hydroxylation is 1. The van der Waals surface area contributed by atoms with Crippen LogP contribution in [-0.4, -0.2) is 68.5 Å². The molecule has 8 nitrogen and oxygen atoms in total. The maximum atomic E-state index is 12.6. The molecule has 0 aromatic heterocycles. The number of hydrogen-bond donors (Lipinski definition) is 2. The number of hydrogen-bond acceptors (Lipinski definition) is 4. The van der Waals surface area contributed by atoms with Crippen molar-refractivity contribution in [3.63, 3.8) is 0 Å². The van der Waals surface area contributed by atoms with Gasteiger partial charge in [0.05, 0.1) is 0 Å². The van der Waals surface area contributed by atoms with Gasteiger partial charge in [0.2, 0.25) is 11.8 Å². The van der Waals surface area contributed by atoms with Gasteiger partial charge in [0.15, 0.2) is 0 Å². The number of nitrogens with one attached hydrogen (secondary N) is 2. The van der Waals surface area contributed by atoms with E-state index < -0.39 is 0 Å². The zero-order valence-corrected chi connectivity index (χ0v) is 16.4. The van der Waals surface area contributed by atoms with E-state index in [0.717, 1.165) is 5.56 Å². The Hall–Kier alpha value is -2.61. The van der Waals surface area contributed by atoms with Crippen molar-refractivity contribution in [2.24, 2.45) is 5.92 Å². The van der Waals surface area contributed by atoms with Crippen LogP contribution in [0.5, 0.6) is 0 Å². The van der Waals surface area contributed by atoms with Gasteiger partial charge in [-0.15, -0.1) is 0 Å². The average Bonchev–Trinajstić information content (AvgIpc) is 2.64. The van der Waals surface area contributed by atoms with Crippen LogP contribution in [0.1, 0.15) is 18.4 Å². The molecular formula is C19H28N4O4. The Morgan fingerprint density at radius 2 is 1.85 bits per heavy atom. The smallest absolute Gasteiger partial charge is 0.319 e. The van der Waals surface area contributed by atoms with Crippen molar-refractivity contribution in [1.29, 1.82) is 0 Å². The fraction of sp³-hybridized carbons (Fsp3) is 0.526. The Bertz CT molecular complexity index is 697. The van der Waals surface area contributed by atoms with Gasteiger partial charge in [-0.1, -0.05) is 6.07 Å². The number of nitrogens with zero attached hydrogens (tertiary/aromatic N) is 2. The monoisotopic (exact) mass is 376 g/mol. The zero-order valence-electron chi connectivity index (χ0n) is 16.4. The third kappa shape index (κ3) is 5.68. The second-order valence-electron chi connectivity index (χ2n) is 6.94. The van der Waals surface area contributed by atoms with Crippen LogP contribution in [0.15, 0.2) is 18.2 Å². The summed E-state index contributed by atoms with van der Waals surface area (Å²) in [6, 6.07) is 5.34. The molecule has 0 unspecified atom stereocenters. The molecule has 0 radical (unpaired) electrons. The van der Waals surface area contributed by atoms with Gasteiger partial charge in [-0.05, 0) is 37.5 Å². The molecule has 27 heavy (non-hydrogen) atoms. The molecule has 4 amide bonds. The predicted octanol–water partition coefficient (Wildman–Crippen LogP) is 1.91. The van der Waals surface area contributed by atoms with Crippen LogP contribution >= 0.6 is 0 Å². The molecule has 1 heterocycles. The molecular weight excluding hydrogens is 348 g/mol. The largest absolute Gasteiger partial charge is 0.375 e. The number of amides is 4. The van der Waals surface area contributed by atoms with E-state index in [2.05, 4.69) is 10.6 Å². The summed E-state index contributed by atoms with van der Waals surface area (Å²) in [5, 5.41) is 5.69. The van der Waals surface area contributed by atoms with Crippen LogP contribution in [0.2, 0.25) is 0 Å². The summed E-state index contributed by atoms with van der Waals surface area (Å²) >= 11 is 0. The number of anilines is 2. The lowest BCUT2D eigenvalue weighted by molar-refractivity contribution is -0.121. The number of urea groups is 1. The van der Waals surface area contributed by atoms with E-state index in [9.17, 15) is 14.4 Å². The van der Waals surface area contributed by atoms with Crippen LogP contribution < -0.4 is 10.6 Å². The SMILES string of the molecule is COCC(=O)Nc1ccc(C)c(NC(=O)C2CCN(C(=O)N(C)C)CC2)c1. The second kappa shape index (κ2) is 9.36. The normalized spacial score (nSPS) is 14.6. The molecule has 1 aliphatic heterocycles. The Morgan fingerprint density at radius 3 is 2.44 bits per heavy atom. The van der Waals surface area contributed by atoms with Crippen molar-refractivity contribution in [3.05, 3.63) is 23.8 Å². The first-order chi connectivity index (χ1) is 12.8. The molecule has 1 saturated heterocycles. The number of piperidine rings is 1. The van der Waals surface area contributed by atoms with Gasteiger partial charge in [0.1, 0.15) is 6.61 Å². The molecule has 0 saturated carbocycles. The summed E-state index contributed by atoms with van der Waals surface area (Å²) in [4.78, 5) is 39.6. The first kappa shape index (κ1) is 20.7. The van der Waals surface area contributed by atoms with Gasteiger partial charge in [-0.2, -0.15) is 0 Å². The maximum Gasteiger partial charge on any atom is 0.319 e. The summed E-state index contributed by atoms with van der Waals surface area (Å²) in [7, 11) is 4.91. The Balaban J connectivity index is 1.96. The molecule has 0 spiro atoms. The maximum absolute atomic E-state index is 12.6. The molecule has 1 aliphatic rings. The van der Waals surface area contributed by atoms with Crippen LogP contribution in [-0.2, 0) is 14.3 Å². The minimum atomic E-state index is -0.253. The summed E-state index contributed by atoms with van der Waals surface area (Å²) in [6.07, 6.45) is 1.27. The van der Waals surface area contributed by atoms with Gasteiger partial charge in [0, 0.05) is 51.6 Å². The van der Waals surface area contributed by atoms with Crippen LogP contribution in [0.25, 0.3) is 0 Å². The zero-order chi connectivity index (χ0) is 20.0. The lowest BCUT2D eigenvalue weighted by atomic mass is 9.96. The molecule has 0 bridgehead atoms. The quantitative estimate of drug-likeness (QED) is 0.821. The molecule has 0 atom stereocenters. The lowest BCUT2D eigenvalue weighted by Crippen LogP contribution is -2.45. The molecule has 0 aliphatic carbocycles. The van der Waals surface area contributed by atoms with Crippen molar-refractivity contribution in [1.82, 2.24) is 9.80 Å². The third-order valence-corrected chi connectivity index (χ3v) is 4.57. The minimum Gasteiger partial charge on any atom is -0.375 e. The fourth-order valence-corrected chi connectivity index (χ4v) is 3.01. The summed E-state index contributed by atoms with van der Waals surface area (Å²) < 4.78 is 4.80. The van der Waals surface area contributed by atoms with Crippen LogP contribution in [0.4, 0.5) is 16.2 Å². The van der Waals surface area contributed by atoms with E-state index >= 15 is 0 Å². The fourth-order valence-electron chi connectivity index (χ4n) is 3.01. The Labute approximate surface area is 159 Å². The van der Waals surface area contributed by atoms with E-state index in [4.69, 9.17) is 4.74 Å². The van der Waals surface area contributed by atoms with E-state index in [0.29, 0.717) is 37.3 Å². The van der Waals surface area contributed by atoms with Crippen molar-refractivity contribution in [3.8, 4) is 0 Å². The molecule has 1 fully saturated rings. The highest BCUT2D eigenvalue weighted by Gasteiger charge is 2.28. The summed E-state index contributed by atoms with van der Waals surface area (Å²) in [5.74, 6) is -0.450. The summed E-state index contributed by atoms with van der Waals surface area (Å²) in [6.45, 7) is 3.01. The standard InChI is InChI=1S/C19H28N4O4/c1-13-5-6-15(20-17(24)12-27-4)11-16(13)21-18(25)14-7-9-23(10-8-14)19(26)22(2)3/h5-6,11,14H,7-10,12H2,1-4H3,(H,20,24)(H,21,25). The number of carbonyl (C=O) groups excluding carboxylic acids is 3. The molecule has 148 valence electrons. The first-order valence-electron chi connectivity index (χ1n) is 8.98. The van der Waals surface area contributed by atoms with E-state index in [1.165, 1.54) is 7.11 Å². The van der Waals surface area contributed by atoms with E-state index in [1.807, 2.05) is 13.0 Å². The minimum absolute atomic E-state index is 0.0239. The summed E-state index contributed by atoms with van der Waals surface area (Å²) in [5.41, 5.74) is 2.18. The Kier molecular flexibility index (Phi) is 7.18. The highest BCUT2D eigenvalue weighted by molar-refractivity contribution is 5.96. The van der Waals surface area contributed by atoms with Gasteiger partial charge < -0.3 is 25.2 Å². The predicted molar refractivity (Wildman–Crippen MR) is 104 cm³/mol. The molecule has 2 rings (SSSR count). The van der Waals surface area contributed by atoms with Crippen molar-refractivity contribution in [2.45, 2.75) is 19.8 Å². The van der Waals surface area contributed by atoms with Gasteiger partial charge in [-0.25, -0.2) is 4.79 Å². The van der Waals surface area contributed by atoms with E-state index in [1.54, 1.807) is 36.0 Å². The lowest BCUT2D eigenvalue weighted by Gasteiger charge is -2.33. The molecule has 1 aromatic rings.